The van der Waals surface area contributed by atoms with Gasteiger partial charge in [-0.15, -0.1) is 0 Å². The molecule has 0 aromatic heterocycles. The Bertz CT molecular complexity index is 398. The molecule has 16 heavy (non-hydrogen) atoms. The zero-order chi connectivity index (χ0) is 12.3. The number of rotatable bonds is 3. The third-order valence-electron chi connectivity index (χ3n) is 3.51. The van der Waals surface area contributed by atoms with Crippen LogP contribution in [0.1, 0.15) is 53.5 Å². The van der Waals surface area contributed by atoms with Gasteiger partial charge in [-0.1, -0.05) is 19.4 Å². The van der Waals surface area contributed by atoms with Crippen LogP contribution in [-0.4, -0.2) is 0 Å². The number of aryl methyl sites for hydroxylation is 2. The van der Waals surface area contributed by atoms with Crippen molar-refractivity contribution >= 4 is 0 Å². The highest BCUT2D eigenvalue weighted by atomic mass is 14.3. The van der Waals surface area contributed by atoms with Crippen LogP contribution in [0.15, 0.2) is 6.07 Å². The first kappa shape index (κ1) is 12.8. The molecule has 0 aliphatic carbocycles. The molecule has 1 unspecified atom stereocenters. The van der Waals surface area contributed by atoms with Gasteiger partial charge in [-0.25, -0.2) is 0 Å². The molecule has 1 rings (SSSR count). The fourth-order valence-electron chi connectivity index (χ4n) is 2.33. The Morgan fingerprint density at radius 3 is 2.00 bits per heavy atom. The Kier molecular flexibility index (Phi) is 4.12. The molecule has 0 radical (unpaired) electrons. The van der Waals surface area contributed by atoms with E-state index in [2.05, 4.69) is 46.8 Å². The zero-order valence-corrected chi connectivity index (χ0v) is 11.0. The molecule has 0 aliphatic rings. The van der Waals surface area contributed by atoms with Crippen molar-refractivity contribution in [3.05, 3.63) is 33.9 Å². The molecule has 0 fully saturated rings. The maximum absolute atomic E-state index is 9.29. The number of hydrogen-bond donors (Lipinski definition) is 0. The molecule has 0 saturated carbocycles. The van der Waals surface area contributed by atoms with Crippen LogP contribution in [0.2, 0.25) is 0 Å². The van der Waals surface area contributed by atoms with E-state index in [1.165, 1.54) is 27.8 Å². The number of nitriles is 1. The van der Waals surface area contributed by atoms with Crippen molar-refractivity contribution in [1.82, 2.24) is 0 Å². The number of benzene rings is 1. The van der Waals surface area contributed by atoms with Gasteiger partial charge >= 0.3 is 0 Å². The standard InChI is InChI=1S/C15H21N/c1-6-7-14(9-16)15-12(4)10(2)8-11(3)13(15)5/h8,14H,6-7H2,1-5H3. The van der Waals surface area contributed by atoms with E-state index < -0.39 is 0 Å². The Morgan fingerprint density at radius 1 is 1.12 bits per heavy atom. The predicted molar refractivity (Wildman–Crippen MR) is 68.7 cm³/mol. The summed E-state index contributed by atoms with van der Waals surface area (Å²) in [5, 5.41) is 9.29. The molecule has 0 spiro atoms. The fraction of sp³-hybridized carbons (Fsp3) is 0.533. The van der Waals surface area contributed by atoms with Gasteiger partial charge in [0.25, 0.3) is 0 Å². The van der Waals surface area contributed by atoms with Crippen LogP contribution in [-0.2, 0) is 0 Å². The molecule has 0 aliphatic heterocycles. The highest BCUT2D eigenvalue weighted by molar-refractivity contribution is 5.47. The van der Waals surface area contributed by atoms with Crippen molar-refractivity contribution in [2.24, 2.45) is 0 Å². The van der Waals surface area contributed by atoms with E-state index >= 15 is 0 Å². The van der Waals surface area contributed by atoms with Gasteiger partial charge in [0.1, 0.15) is 0 Å². The predicted octanol–water partition coefficient (Wildman–Crippen LogP) is 4.33. The van der Waals surface area contributed by atoms with Gasteiger partial charge in [0, 0.05) is 0 Å². The van der Waals surface area contributed by atoms with Gasteiger partial charge < -0.3 is 0 Å². The van der Waals surface area contributed by atoms with E-state index in [-0.39, 0.29) is 5.92 Å². The van der Waals surface area contributed by atoms with E-state index in [0.717, 1.165) is 12.8 Å². The maximum Gasteiger partial charge on any atom is 0.0717 e. The molecule has 1 aromatic carbocycles. The zero-order valence-electron chi connectivity index (χ0n) is 11.0. The second kappa shape index (κ2) is 5.16. The van der Waals surface area contributed by atoms with Crippen LogP contribution in [0.4, 0.5) is 0 Å². The van der Waals surface area contributed by atoms with Gasteiger partial charge in [0.15, 0.2) is 0 Å². The molecule has 1 aromatic rings. The molecule has 0 N–H and O–H groups in total. The van der Waals surface area contributed by atoms with E-state index in [1.54, 1.807) is 0 Å². The Labute approximate surface area is 99.1 Å². The summed E-state index contributed by atoms with van der Waals surface area (Å²) in [5.74, 6) is 0.0589. The average molecular weight is 215 g/mol. The Hall–Kier alpha value is -1.29. The molecule has 1 nitrogen and oxygen atoms in total. The minimum Gasteiger partial charge on any atom is -0.198 e. The molecule has 0 saturated heterocycles. The Balaban J connectivity index is 3.36. The second-order valence-corrected chi connectivity index (χ2v) is 4.64. The summed E-state index contributed by atoms with van der Waals surface area (Å²) in [6.45, 7) is 10.7. The third-order valence-corrected chi connectivity index (χ3v) is 3.51. The highest BCUT2D eigenvalue weighted by Gasteiger charge is 2.17. The molecule has 1 heteroatoms. The summed E-state index contributed by atoms with van der Waals surface area (Å²) < 4.78 is 0. The lowest BCUT2D eigenvalue weighted by molar-refractivity contribution is 0.717. The molecule has 0 bridgehead atoms. The SMILES string of the molecule is CCCC(C#N)c1c(C)c(C)cc(C)c1C. The second-order valence-electron chi connectivity index (χ2n) is 4.64. The van der Waals surface area contributed by atoms with Crippen LogP contribution in [0, 0.1) is 39.0 Å². The van der Waals surface area contributed by atoms with Crippen molar-refractivity contribution in [3.8, 4) is 6.07 Å². The smallest absolute Gasteiger partial charge is 0.0717 e. The summed E-state index contributed by atoms with van der Waals surface area (Å²) >= 11 is 0. The topological polar surface area (TPSA) is 23.8 Å². The minimum absolute atomic E-state index is 0.0589. The highest BCUT2D eigenvalue weighted by Crippen LogP contribution is 2.30. The third kappa shape index (κ3) is 2.27. The lowest BCUT2D eigenvalue weighted by Crippen LogP contribution is -2.05. The van der Waals surface area contributed by atoms with Crippen LogP contribution >= 0.6 is 0 Å². The molecular formula is C15H21N. The molecular weight excluding hydrogens is 194 g/mol. The first-order chi connectivity index (χ1) is 7.52. The summed E-state index contributed by atoms with van der Waals surface area (Å²) in [7, 11) is 0. The summed E-state index contributed by atoms with van der Waals surface area (Å²) in [6, 6.07) is 4.67. The largest absolute Gasteiger partial charge is 0.198 e. The van der Waals surface area contributed by atoms with E-state index in [4.69, 9.17) is 0 Å². The van der Waals surface area contributed by atoms with E-state index in [1.807, 2.05) is 0 Å². The van der Waals surface area contributed by atoms with Gasteiger partial charge in [0.2, 0.25) is 0 Å². The summed E-state index contributed by atoms with van der Waals surface area (Å²) in [4.78, 5) is 0. The van der Waals surface area contributed by atoms with Crippen molar-refractivity contribution in [2.45, 2.75) is 53.4 Å². The Morgan fingerprint density at radius 2 is 1.62 bits per heavy atom. The van der Waals surface area contributed by atoms with Crippen molar-refractivity contribution in [1.29, 1.82) is 5.26 Å². The normalized spacial score (nSPS) is 12.2. The lowest BCUT2D eigenvalue weighted by Gasteiger charge is -2.19. The first-order valence-electron chi connectivity index (χ1n) is 5.99. The fourth-order valence-corrected chi connectivity index (χ4v) is 2.33. The van der Waals surface area contributed by atoms with Crippen LogP contribution < -0.4 is 0 Å². The van der Waals surface area contributed by atoms with Gasteiger partial charge in [-0.05, 0) is 61.9 Å². The van der Waals surface area contributed by atoms with Crippen LogP contribution in [0.3, 0.4) is 0 Å². The van der Waals surface area contributed by atoms with E-state index in [9.17, 15) is 5.26 Å². The monoisotopic (exact) mass is 215 g/mol. The molecule has 1 atom stereocenters. The van der Waals surface area contributed by atoms with Crippen LogP contribution in [0.5, 0.6) is 0 Å². The van der Waals surface area contributed by atoms with E-state index in [0.29, 0.717) is 0 Å². The number of nitrogens with zero attached hydrogens (tertiary/aromatic N) is 1. The molecule has 0 heterocycles. The van der Waals surface area contributed by atoms with Crippen molar-refractivity contribution in [2.75, 3.05) is 0 Å². The van der Waals surface area contributed by atoms with Crippen molar-refractivity contribution in [3.63, 3.8) is 0 Å². The van der Waals surface area contributed by atoms with Gasteiger partial charge in [0.05, 0.1) is 12.0 Å². The van der Waals surface area contributed by atoms with Crippen molar-refractivity contribution < 1.29 is 0 Å². The first-order valence-corrected chi connectivity index (χ1v) is 5.99. The minimum atomic E-state index is 0.0589. The van der Waals surface area contributed by atoms with Crippen LogP contribution in [0.25, 0.3) is 0 Å². The maximum atomic E-state index is 9.29. The van der Waals surface area contributed by atoms with Gasteiger partial charge in [-0.3, -0.25) is 0 Å². The lowest BCUT2D eigenvalue weighted by atomic mass is 9.85. The molecule has 0 amide bonds. The number of hydrogen-bond acceptors (Lipinski definition) is 1. The summed E-state index contributed by atoms with van der Waals surface area (Å²) in [6.07, 6.45) is 2.02. The average Bonchev–Trinajstić information content (AvgIpc) is 2.25. The molecule has 86 valence electrons. The quantitative estimate of drug-likeness (QED) is 0.736. The van der Waals surface area contributed by atoms with Gasteiger partial charge in [-0.2, -0.15) is 5.26 Å². The summed E-state index contributed by atoms with van der Waals surface area (Å²) in [5.41, 5.74) is 6.46.